The molecule has 0 aliphatic carbocycles. The molecule has 31 heavy (non-hydrogen) atoms. The predicted octanol–water partition coefficient (Wildman–Crippen LogP) is 6.39. The van der Waals surface area contributed by atoms with Crippen LogP contribution in [0.4, 0.5) is 0 Å². The highest BCUT2D eigenvalue weighted by Crippen LogP contribution is 2.28. The van der Waals surface area contributed by atoms with Crippen LogP contribution in [0.2, 0.25) is 0 Å². The minimum atomic E-state index is -0.0266. The van der Waals surface area contributed by atoms with Gasteiger partial charge in [0.25, 0.3) is 5.91 Å². The molecule has 0 spiro atoms. The van der Waals surface area contributed by atoms with E-state index in [1.807, 2.05) is 47.3 Å². The fourth-order valence-corrected chi connectivity index (χ4v) is 5.18. The van der Waals surface area contributed by atoms with Gasteiger partial charge in [-0.05, 0) is 29.7 Å². The van der Waals surface area contributed by atoms with Gasteiger partial charge in [-0.1, -0.05) is 72.8 Å². The van der Waals surface area contributed by atoms with Gasteiger partial charge in [0.2, 0.25) is 0 Å². The fourth-order valence-electron chi connectivity index (χ4n) is 3.56. The Balaban J connectivity index is 1.41. The molecule has 4 aromatic rings. The standard InChI is InChI=1S/C26H24N2OS2/c29-26(24-13-7-8-14-25(24)31-18-22-17-30-19-28-22)27-16-15-23(20-9-3-1-4-10-20)21-11-5-2-6-12-21/h1-14,17,19,23H,15-16,18H2,(H,27,29). The number of aromatic nitrogens is 1. The van der Waals surface area contributed by atoms with Gasteiger partial charge < -0.3 is 5.32 Å². The van der Waals surface area contributed by atoms with Crippen molar-refractivity contribution in [3.63, 3.8) is 0 Å². The average molecular weight is 445 g/mol. The summed E-state index contributed by atoms with van der Waals surface area (Å²) in [6.45, 7) is 0.609. The van der Waals surface area contributed by atoms with E-state index in [1.165, 1.54) is 11.1 Å². The Bertz CT molecular complexity index is 1040. The maximum atomic E-state index is 12.9. The van der Waals surface area contributed by atoms with Crippen LogP contribution in [0.15, 0.2) is 101 Å². The Morgan fingerprint density at radius 3 is 2.19 bits per heavy atom. The molecule has 5 heteroatoms. The van der Waals surface area contributed by atoms with Crippen LogP contribution in [0.25, 0.3) is 0 Å². The Morgan fingerprint density at radius 2 is 1.55 bits per heavy atom. The highest BCUT2D eigenvalue weighted by atomic mass is 32.2. The molecule has 1 amide bonds. The summed E-state index contributed by atoms with van der Waals surface area (Å²) < 4.78 is 0. The van der Waals surface area contributed by atoms with Crippen LogP contribution in [0.1, 0.15) is 39.5 Å². The summed E-state index contributed by atoms with van der Waals surface area (Å²) in [6.07, 6.45) is 0.841. The summed E-state index contributed by atoms with van der Waals surface area (Å²) in [6, 6.07) is 28.8. The van der Waals surface area contributed by atoms with Crippen molar-refractivity contribution in [3.8, 4) is 0 Å². The zero-order valence-corrected chi connectivity index (χ0v) is 18.7. The number of carbonyl (C=O) groups excluding carboxylic acids is 1. The van der Waals surface area contributed by atoms with Gasteiger partial charge in [-0.3, -0.25) is 4.79 Å². The van der Waals surface area contributed by atoms with Crippen LogP contribution in [-0.2, 0) is 5.75 Å². The molecule has 1 N–H and O–H groups in total. The molecule has 0 saturated carbocycles. The van der Waals surface area contributed by atoms with Gasteiger partial charge in [0, 0.05) is 28.5 Å². The van der Waals surface area contributed by atoms with Crippen LogP contribution in [0, 0.1) is 0 Å². The van der Waals surface area contributed by atoms with E-state index in [-0.39, 0.29) is 11.8 Å². The second kappa shape index (κ2) is 10.9. The number of thiazole rings is 1. The zero-order chi connectivity index (χ0) is 21.3. The van der Waals surface area contributed by atoms with E-state index in [0.717, 1.165) is 28.3 Å². The molecular formula is C26H24N2OS2. The van der Waals surface area contributed by atoms with Crippen LogP contribution in [0.3, 0.4) is 0 Å². The molecule has 1 aromatic heterocycles. The van der Waals surface area contributed by atoms with Crippen LogP contribution in [-0.4, -0.2) is 17.4 Å². The summed E-state index contributed by atoms with van der Waals surface area (Å²) >= 11 is 3.24. The first kappa shape index (κ1) is 21.3. The van der Waals surface area contributed by atoms with Gasteiger partial charge in [-0.2, -0.15) is 0 Å². The number of carbonyl (C=O) groups is 1. The topological polar surface area (TPSA) is 42.0 Å². The van der Waals surface area contributed by atoms with Crippen LogP contribution < -0.4 is 5.32 Å². The van der Waals surface area contributed by atoms with Crippen LogP contribution in [0.5, 0.6) is 0 Å². The molecule has 0 aliphatic heterocycles. The maximum Gasteiger partial charge on any atom is 0.252 e. The first-order valence-electron chi connectivity index (χ1n) is 10.3. The van der Waals surface area contributed by atoms with Crippen molar-refractivity contribution in [2.45, 2.75) is 23.0 Å². The molecular weight excluding hydrogens is 420 g/mol. The number of amides is 1. The minimum Gasteiger partial charge on any atom is -0.352 e. The van der Waals surface area contributed by atoms with Gasteiger partial charge >= 0.3 is 0 Å². The summed E-state index contributed by atoms with van der Waals surface area (Å²) in [5, 5.41) is 5.18. The maximum absolute atomic E-state index is 12.9. The van der Waals surface area contributed by atoms with Crippen molar-refractivity contribution >= 4 is 29.0 Å². The van der Waals surface area contributed by atoms with E-state index in [0.29, 0.717) is 6.54 Å². The SMILES string of the molecule is O=C(NCCC(c1ccccc1)c1ccccc1)c1ccccc1SCc1cscn1. The lowest BCUT2D eigenvalue weighted by molar-refractivity contribution is 0.0950. The Hall–Kier alpha value is -2.89. The predicted molar refractivity (Wildman–Crippen MR) is 130 cm³/mol. The third kappa shape index (κ3) is 5.84. The lowest BCUT2D eigenvalue weighted by atomic mass is 9.88. The third-order valence-corrected chi connectivity index (χ3v) is 6.86. The monoisotopic (exact) mass is 444 g/mol. The van der Waals surface area contributed by atoms with Gasteiger partial charge in [-0.15, -0.1) is 23.1 Å². The molecule has 3 nitrogen and oxygen atoms in total. The van der Waals surface area contributed by atoms with E-state index in [4.69, 9.17) is 0 Å². The molecule has 4 rings (SSSR count). The number of rotatable bonds is 9. The largest absolute Gasteiger partial charge is 0.352 e. The second-order valence-electron chi connectivity index (χ2n) is 7.18. The summed E-state index contributed by atoms with van der Waals surface area (Å²) in [7, 11) is 0. The Morgan fingerprint density at radius 1 is 0.903 bits per heavy atom. The molecule has 0 bridgehead atoms. The normalized spacial score (nSPS) is 10.9. The molecule has 156 valence electrons. The van der Waals surface area contributed by atoms with Gasteiger partial charge in [-0.25, -0.2) is 4.98 Å². The smallest absolute Gasteiger partial charge is 0.252 e. The van der Waals surface area contributed by atoms with Crippen molar-refractivity contribution in [1.29, 1.82) is 0 Å². The van der Waals surface area contributed by atoms with Crippen molar-refractivity contribution in [2.75, 3.05) is 6.54 Å². The lowest BCUT2D eigenvalue weighted by Gasteiger charge is -2.19. The third-order valence-electron chi connectivity index (χ3n) is 5.11. The minimum absolute atomic E-state index is 0.0266. The van der Waals surface area contributed by atoms with Gasteiger partial charge in [0.15, 0.2) is 0 Å². The van der Waals surface area contributed by atoms with E-state index >= 15 is 0 Å². The molecule has 0 atom stereocenters. The molecule has 0 saturated heterocycles. The highest BCUT2D eigenvalue weighted by molar-refractivity contribution is 7.98. The quantitative estimate of drug-likeness (QED) is 0.304. The van der Waals surface area contributed by atoms with E-state index in [1.54, 1.807) is 23.1 Å². The highest BCUT2D eigenvalue weighted by Gasteiger charge is 2.16. The number of hydrogen-bond acceptors (Lipinski definition) is 4. The van der Waals surface area contributed by atoms with Gasteiger partial charge in [0.1, 0.15) is 0 Å². The summed E-state index contributed by atoms with van der Waals surface area (Å²) in [5.74, 6) is 0.982. The van der Waals surface area contributed by atoms with E-state index in [9.17, 15) is 4.79 Å². The molecule has 0 aliphatic rings. The van der Waals surface area contributed by atoms with Gasteiger partial charge in [0.05, 0.1) is 16.8 Å². The van der Waals surface area contributed by atoms with E-state index < -0.39 is 0 Å². The van der Waals surface area contributed by atoms with Crippen molar-refractivity contribution in [2.24, 2.45) is 0 Å². The molecule has 3 aromatic carbocycles. The summed E-state index contributed by atoms with van der Waals surface area (Å²) in [4.78, 5) is 18.3. The number of nitrogens with one attached hydrogen (secondary N) is 1. The average Bonchev–Trinajstić information content (AvgIpc) is 3.35. The number of benzene rings is 3. The molecule has 0 radical (unpaired) electrons. The zero-order valence-electron chi connectivity index (χ0n) is 17.1. The molecule has 1 heterocycles. The number of hydrogen-bond donors (Lipinski definition) is 1. The Kier molecular flexibility index (Phi) is 7.53. The van der Waals surface area contributed by atoms with Crippen LogP contribution >= 0.6 is 23.1 Å². The fraction of sp³-hybridized carbons (Fsp3) is 0.154. The second-order valence-corrected chi connectivity index (χ2v) is 8.92. The molecule has 0 fully saturated rings. The number of nitrogens with zero attached hydrogens (tertiary/aromatic N) is 1. The summed E-state index contributed by atoms with van der Waals surface area (Å²) in [5.41, 5.74) is 6.13. The first-order chi connectivity index (χ1) is 15.3. The van der Waals surface area contributed by atoms with Crippen molar-refractivity contribution in [3.05, 3.63) is 118 Å². The number of thioether (sulfide) groups is 1. The lowest BCUT2D eigenvalue weighted by Crippen LogP contribution is -2.26. The Labute approximate surface area is 191 Å². The molecule has 0 unspecified atom stereocenters. The van der Waals surface area contributed by atoms with Crippen molar-refractivity contribution in [1.82, 2.24) is 10.3 Å². The van der Waals surface area contributed by atoms with Crippen molar-refractivity contribution < 1.29 is 4.79 Å². The first-order valence-corrected chi connectivity index (χ1v) is 12.2. The van der Waals surface area contributed by atoms with E-state index in [2.05, 4.69) is 58.8 Å².